The number of anilines is 1. The Hall–Kier alpha value is -2.68. The van der Waals surface area contributed by atoms with Crippen molar-refractivity contribution >= 4 is 35.1 Å². The van der Waals surface area contributed by atoms with Crippen LogP contribution in [0.5, 0.6) is 0 Å². The zero-order valence-electron chi connectivity index (χ0n) is 21.6. The van der Waals surface area contributed by atoms with Gasteiger partial charge in [-0.1, -0.05) is 56.3 Å². The number of carbonyl (C=O) groups is 3. The molecule has 3 aliphatic rings. The number of aliphatic hydroxyl groups excluding tert-OH is 1. The molecule has 3 heterocycles. The molecule has 1 aromatic rings. The van der Waals surface area contributed by atoms with Crippen LogP contribution in [0.2, 0.25) is 5.02 Å². The molecule has 1 N–H and O–H groups in total. The highest BCUT2D eigenvalue weighted by atomic mass is 35.5. The predicted molar refractivity (Wildman–Crippen MR) is 140 cm³/mol. The molecule has 0 aromatic heterocycles. The van der Waals surface area contributed by atoms with Gasteiger partial charge in [0.1, 0.15) is 24.2 Å². The Labute approximate surface area is 222 Å². The highest BCUT2D eigenvalue weighted by molar-refractivity contribution is 6.34. The average molecular weight is 531 g/mol. The summed E-state index contributed by atoms with van der Waals surface area (Å²) < 4.78 is 12.0. The number of para-hydroxylation sites is 1. The van der Waals surface area contributed by atoms with Crippen molar-refractivity contribution in [2.75, 3.05) is 24.7 Å². The van der Waals surface area contributed by atoms with Crippen molar-refractivity contribution in [3.8, 4) is 0 Å². The minimum absolute atomic E-state index is 0.0102. The number of amides is 2. The maximum absolute atomic E-state index is 14.5. The quantitative estimate of drug-likeness (QED) is 0.368. The maximum Gasteiger partial charge on any atom is 0.313 e. The Morgan fingerprint density at radius 3 is 2.59 bits per heavy atom. The van der Waals surface area contributed by atoms with E-state index in [0.717, 1.165) is 0 Å². The monoisotopic (exact) mass is 530 g/mol. The zero-order chi connectivity index (χ0) is 27.1. The normalized spacial score (nSPS) is 30.8. The fourth-order valence-electron chi connectivity index (χ4n) is 6.46. The lowest BCUT2D eigenvalue weighted by molar-refractivity contribution is -0.160. The molecule has 200 valence electrons. The molecule has 9 heteroatoms. The van der Waals surface area contributed by atoms with Crippen molar-refractivity contribution in [2.24, 2.45) is 17.8 Å². The van der Waals surface area contributed by atoms with Crippen molar-refractivity contribution in [1.82, 2.24) is 4.90 Å². The molecule has 6 atom stereocenters. The van der Waals surface area contributed by atoms with Gasteiger partial charge in [-0.05, 0) is 37.8 Å². The standard InChI is InChI=1S/C28H35ClN2O6/c1-6-14-30(19-11-9-8-10-18(19)29)25(34)23-28-13-12-27(5,37-28)22(26(35)36-15-7-2)21(28)24(33)31(23)20(16-32)17(3)4/h6-11,17,20-23,32H,1-2,12-16H2,3-5H3/t20-,21-,22+,23?,27-,28?/m0/s1. The lowest BCUT2D eigenvalue weighted by atomic mass is 9.66. The van der Waals surface area contributed by atoms with Gasteiger partial charge in [0.05, 0.1) is 34.9 Å². The molecule has 3 aliphatic heterocycles. The average Bonchev–Trinajstić information content (AvgIpc) is 3.42. The number of benzene rings is 1. The van der Waals surface area contributed by atoms with Crippen LogP contribution in [0.15, 0.2) is 49.6 Å². The van der Waals surface area contributed by atoms with Gasteiger partial charge >= 0.3 is 5.97 Å². The first-order valence-corrected chi connectivity index (χ1v) is 13.0. The summed E-state index contributed by atoms with van der Waals surface area (Å²) in [5.41, 5.74) is -1.72. The van der Waals surface area contributed by atoms with Crippen LogP contribution in [0.3, 0.4) is 0 Å². The zero-order valence-corrected chi connectivity index (χ0v) is 22.3. The summed E-state index contributed by atoms with van der Waals surface area (Å²) in [5.74, 6) is -3.28. The number of ether oxygens (including phenoxy) is 2. The van der Waals surface area contributed by atoms with Crippen LogP contribution in [0.25, 0.3) is 0 Å². The number of nitrogens with zero attached hydrogens (tertiary/aromatic N) is 2. The topological polar surface area (TPSA) is 96.4 Å². The first kappa shape index (κ1) is 27.4. The van der Waals surface area contributed by atoms with Gasteiger partial charge in [0.15, 0.2) is 0 Å². The van der Waals surface area contributed by atoms with E-state index in [9.17, 15) is 19.5 Å². The molecule has 2 unspecified atom stereocenters. The number of hydrogen-bond donors (Lipinski definition) is 1. The van der Waals surface area contributed by atoms with E-state index in [1.807, 2.05) is 13.8 Å². The van der Waals surface area contributed by atoms with Gasteiger partial charge in [-0.2, -0.15) is 0 Å². The lowest BCUT2D eigenvalue weighted by Gasteiger charge is -2.40. The molecule has 3 fully saturated rings. The number of esters is 1. The highest BCUT2D eigenvalue weighted by Crippen LogP contribution is 2.64. The second-order valence-corrected chi connectivity index (χ2v) is 11.0. The second kappa shape index (κ2) is 10.2. The van der Waals surface area contributed by atoms with Gasteiger partial charge in [-0.3, -0.25) is 14.4 Å². The van der Waals surface area contributed by atoms with Gasteiger partial charge in [-0.25, -0.2) is 0 Å². The summed E-state index contributed by atoms with van der Waals surface area (Å²) in [7, 11) is 0. The Morgan fingerprint density at radius 2 is 2.00 bits per heavy atom. The summed E-state index contributed by atoms with van der Waals surface area (Å²) in [6.07, 6.45) is 3.96. The third-order valence-electron chi connectivity index (χ3n) is 8.08. The molecule has 4 rings (SSSR count). The molecule has 1 spiro atoms. The van der Waals surface area contributed by atoms with E-state index in [1.54, 1.807) is 37.3 Å². The van der Waals surface area contributed by atoms with E-state index in [0.29, 0.717) is 23.6 Å². The number of rotatable bonds is 10. The van der Waals surface area contributed by atoms with Crippen molar-refractivity contribution < 1.29 is 29.0 Å². The Bertz CT molecular complexity index is 1110. The first-order valence-electron chi connectivity index (χ1n) is 12.7. The minimum Gasteiger partial charge on any atom is -0.461 e. The van der Waals surface area contributed by atoms with Crippen LogP contribution >= 0.6 is 11.6 Å². The van der Waals surface area contributed by atoms with Crippen LogP contribution in [-0.2, 0) is 23.9 Å². The Balaban J connectivity index is 1.86. The minimum atomic E-state index is -1.25. The third-order valence-corrected chi connectivity index (χ3v) is 8.40. The molecule has 37 heavy (non-hydrogen) atoms. The largest absolute Gasteiger partial charge is 0.461 e. The van der Waals surface area contributed by atoms with E-state index in [1.165, 1.54) is 15.9 Å². The molecule has 8 nitrogen and oxygen atoms in total. The van der Waals surface area contributed by atoms with Crippen LogP contribution < -0.4 is 4.90 Å². The summed E-state index contributed by atoms with van der Waals surface area (Å²) in [4.78, 5) is 44.9. The number of hydrogen-bond acceptors (Lipinski definition) is 6. The molecule has 1 aromatic carbocycles. The van der Waals surface area contributed by atoms with Crippen molar-refractivity contribution in [1.29, 1.82) is 0 Å². The van der Waals surface area contributed by atoms with Crippen LogP contribution in [0, 0.1) is 17.8 Å². The van der Waals surface area contributed by atoms with E-state index in [4.69, 9.17) is 21.1 Å². The van der Waals surface area contributed by atoms with Gasteiger partial charge in [0.25, 0.3) is 5.91 Å². The van der Waals surface area contributed by atoms with E-state index < -0.39 is 47.0 Å². The number of halogens is 1. The smallest absolute Gasteiger partial charge is 0.313 e. The maximum atomic E-state index is 14.5. The van der Waals surface area contributed by atoms with E-state index >= 15 is 0 Å². The van der Waals surface area contributed by atoms with Gasteiger partial charge in [0.2, 0.25) is 5.91 Å². The third kappa shape index (κ3) is 4.19. The summed E-state index contributed by atoms with van der Waals surface area (Å²) >= 11 is 6.49. The second-order valence-electron chi connectivity index (χ2n) is 10.6. The van der Waals surface area contributed by atoms with Gasteiger partial charge in [0, 0.05) is 6.54 Å². The predicted octanol–water partition coefficient (Wildman–Crippen LogP) is 3.37. The lowest BCUT2D eigenvalue weighted by Crippen LogP contribution is -2.60. The molecule has 0 radical (unpaired) electrons. The van der Waals surface area contributed by atoms with Crippen molar-refractivity contribution in [2.45, 2.75) is 56.9 Å². The van der Waals surface area contributed by atoms with Crippen molar-refractivity contribution in [3.63, 3.8) is 0 Å². The number of aliphatic hydroxyl groups is 1. The van der Waals surface area contributed by atoms with E-state index in [-0.39, 0.29) is 31.6 Å². The van der Waals surface area contributed by atoms with Gasteiger partial charge < -0.3 is 24.4 Å². The fourth-order valence-corrected chi connectivity index (χ4v) is 6.70. The summed E-state index contributed by atoms with van der Waals surface area (Å²) in [5, 5.41) is 10.7. The van der Waals surface area contributed by atoms with Crippen LogP contribution in [-0.4, -0.2) is 70.8 Å². The molecule has 3 saturated heterocycles. The molecule has 0 saturated carbocycles. The molecule has 2 bridgehead atoms. The number of likely N-dealkylation sites (tertiary alicyclic amines) is 1. The summed E-state index contributed by atoms with van der Waals surface area (Å²) in [6, 6.07) is 5.24. The fraction of sp³-hybridized carbons (Fsp3) is 0.536. The van der Waals surface area contributed by atoms with E-state index in [2.05, 4.69) is 13.2 Å². The molecule has 2 amide bonds. The molecular weight excluding hydrogens is 496 g/mol. The van der Waals surface area contributed by atoms with Crippen LogP contribution in [0.1, 0.15) is 33.6 Å². The van der Waals surface area contributed by atoms with Crippen molar-refractivity contribution in [3.05, 3.63) is 54.6 Å². The Kier molecular flexibility index (Phi) is 7.57. The summed E-state index contributed by atoms with van der Waals surface area (Å²) in [6.45, 7) is 12.8. The SMILES string of the molecule is C=CCOC(=O)[C@H]1[C@H]2C(=O)N([C@@H](CO)C(C)C)C(C(=O)N(CC=C)c3ccccc3Cl)C23CC[C@]1(C)O3. The Morgan fingerprint density at radius 1 is 1.30 bits per heavy atom. The molecule has 0 aliphatic carbocycles. The van der Waals surface area contributed by atoms with Crippen LogP contribution in [0.4, 0.5) is 5.69 Å². The highest BCUT2D eigenvalue weighted by Gasteiger charge is 2.79. The first-order chi connectivity index (χ1) is 17.6. The van der Waals surface area contributed by atoms with Gasteiger partial charge in [-0.15, -0.1) is 6.58 Å². The molecular formula is C28H35ClN2O6. The number of carbonyl (C=O) groups excluding carboxylic acids is 3. The number of fused-ring (bicyclic) bond motifs is 1.